The van der Waals surface area contributed by atoms with Crippen LogP contribution in [0.4, 0.5) is 4.39 Å². The molecule has 0 aliphatic heterocycles. The first-order valence-electron chi connectivity index (χ1n) is 5.93. The molecule has 1 aromatic rings. The highest BCUT2D eigenvalue weighted by atomic mass is 35.5. The SMILES string of the molecule is CCOC(OCC)C(O)Cc1ccc(F)cc1Cl. The minimum Gasteiger partial charge on any atom is -0.387 e. The van der Waals surface area contributed by atoms with Crippen LogP contribution in [0.25, 0.3) is 0 Å². The molecule has 5 heteroatoms. The van der Waals surface area contributed by atoms with E-state index in [4.69, 9.17) is 21.1 Å². The fraction of sp³-hybridized carbons (Fsp3) is 0.538. The van der Waals surface area contributed by atoms with E-state index < -0.39 is 18.2 Å². The maximum atomic E-state index is 12.9. The molecule has 0 saturated heterocycles. The van der Waals surface area contributed by atoms with E-state index in [1.54, 1.807) is 6.07 Å². The first kappa shape index (κ1) is 15.4. The van der Waals surface area contributed by atoms with E-state index in [0.29, 0.717) is 23.8 Å². The highest BCUT2D eigenvalue weighted by molar-refractivity contribution is 6.31. The van der Waals surface area contributed by atoms with Gasteiger partial charge in [-0.3, -0.25) is 0 Å². The van der Waals surface area contributed by atoms with Crippen LogP contribution in [0.15, 0.2) is 18.2 Å². The number of rotatable bonds is 7. The summed E-state index contributed by atoms with van der Waals surface area (Å²) in [5.41, 5.74) is 0.662. The van der Waals surface area contributed by atoms with Crippen LogP contribution in [0.1, 0.15) is 19.4 Å². The van der Waals surface area contributed by atoms with Gasteiger partial charge in [0.25, 0.3) is 0 Å². The zero-order valence-electron chi connectivity index (χ0n) is 10.5. The van der Waals surface area contributed by atoms with Crippen LogP contribution in [0.3, 0.4) is 0 Å². The molecule has 0 amide bonds. The molecule has 1 rings (SSSR count). The summed E-state index contributed by atoms with van der Waals surface area (Å²) in [7, 11) is 0. The number of hydrogen-bond donors (Lipinski definition) is 1. The van der Waals surface area contributed by atoms with E-state index in [9.17, 15) is 9.50 Å². The molecule has 0 fully saturated rings. The van der Waals surface area contributed by atoms with Crippen molar-refractivity contribution in [3.05, 3.63) is 34.6 Å². The normalized spacial score (nSPS) is 13.0. The lowest BCUT2D eigenvalue weighted by atomic mass is 10.1. The predicted molar refractivity (Wildman–Crippen MR) is 68.2 cm³/mol. The second kappa shape index (κ2) is 7.69. The molecule has 1 unspecified atom stereocenters. The van der Waals surface area contributed by atoms with Gasteiger partial charge in [-0.05, 0) is 31.5 Å². The van der Waals surface area contributed by atoms with Gasteiger partial charge in [0.05, 0.1) is 0 Å². The number of aliphatic hydroxyl groups excluding tert-OH is 1. The summed E-state index contributed by atoms with van der Waals surface area (Å²) >= 11 is 5.90. The number of halogens is 2. The summed E-state index contributed by atoms with van der Waals surface area (Å²) in [6.45, 7) is 4.53. The summed E-state index contributed by atoms with van der Waals surface area (Å²) < 4.78 is 23.5. The zero-order valence-corrected chi connectivity index (χ0v) is 11.3. The maximum absolute atomic E-state index is 12.9. The van der Waals surface area contributed by atoms with E-state index in [1.165, 1.54) is 12.1 Å². The van der Waals surface area contributed by atoms with Crippen LogP contribution >= 0.6 is 11.6 Å². The van der Waals surface area contributed by atoms with E-state index in [0.717, 1.165) is 0 Å². The van der Waals surface area contributed by atoms with Crippen LogP contribution in [-0.2, 0) is 15.9 Å². The van der Waals surface area contributed by atoms with Gasteiger partial charge >= 0.3 is 0 Å². The molecule has 3 nitrogen and oxygen atoms in total. The third kappa shape index (κ3) is 4.53. The quantitative estimate of drug-likeness (QED) is 0.779. The Hall–Kier alpha value is -0.680. The Bertz CT molecular complexity index is 367. The average molecular weight is 277 g/mol. The third-order valence-electron chi connectivity index (χ3n) is 2.42. The van der Waals surface area contributed by atoms with Gasteiger partial charge in [-0.25, -0.2) is 4.39 Å². The van der Waals surface area contributed by atoms with Crippen molar-refractivity contribution >= 4 is 11.6 Å². The van der Waals surface area contributed by atoms with Gasteiger partial charge in [0.2, 0.25) is 0 Å². The van der Waals surface area contributed by atoms with Crippen molar-refractivity contribution in [1.29, 1.82) is 0 Å². The van der Waals surface area contributed by atoms with E-state index >= 15 is 0 Å². The van der Waals surface area contributed by atoms with E-state index in [2.05, 4.69) is 0 Å². The molecule has 0 spiro atoms. The monoisotopic (exact) mass is 276 g/mol. The fourth-order valence-electron chi connectivity index (χ4n) is 1.61. The molecule has 0 saturated carbocycles. The van der Waals surface area contributed by atoms with Crippen molar-refractivity contribution in [2.75, 3.05) is 13.2 Å². The second-order valence-electron chi connectivity index (χ2n) is 3.79. The molecule has 1 aromatic carbocycles. The first-order chi connectivity index (χ1) is 8.58. The number of aliphatic hydroxyl groups is 1. The highest BCUT2D eigenvalue weighted by Gasteiger charge is 2.21. The van der Waals surface area contributed by atoms with Crippen molar-refractivity contribution in [3.8, 4) is 0 Å². The number of hydrogen-bond acceptors (Lipinski definition) is 3. The molecular formula is C13H18ClFO3. The van der Waals surface area contributed by atoms with Crippen molar-refractivity contribution < 1.29 is 19.0 Å². The Kier molecular flexibility index (Phi) is 6.57. The lowest BCUT2D eigenvalue weighted by Gasteiger charge is -2.22. The Morgan fingerprint density at radius 3 is 2.39 bits per heavy atom. The molecule has 0 radical (unpaired) electrons. The fourth-order valence-corrected chi connectivity index (χ4v) is 1.85. The van der Waals surface area contributed by atoms with Crippen LogP contribution in [-0.4, -0.2) is 30.7 Å². The zero-order chi connectivity index (χ0) is 13.5. The first-order valence-corrected chi connectivity index (χ1v) is 6.31. The topological polar surface area (TPSA) is 38.7 Å². The van der Waals surface area contributed by atoms with Crippen LogP contribution in [0.2, 0.25) is 5.02 Å². The van der Waals surface area contributed by atoms with Gasteiger partial charge in [0, 0.05) is 24.7 Å². The molecule has 102 valence electrons. The standard InChI is InChI=1S/C13H18ClFO3/c1-3-17-13(18-4-2)12(16)7-9-5-6-10(15)8-11(9)14/h5-6,8,12-13,16H,3-4,7H2,1-2H3. The Labute approximate surface area is 111 Å². The summed E-state index contributed by atoms with van der Waals surface area (Å²) in [6, 6.07) is 4.08. The summed E-state index contributed by atoms with van der Waals surface area (Å²) in [5, 5.41) is 10.3. The number of benzene rings is 1. The van der Waals surface area contributed by atoms with Crippen molar-refractivity contribution in [2.45, 2.75) is 32.7 Å². The minimum atomic E-state index is -0.840. The second-order valence-corrected chi connectivity index (χ2v) is 4.19. The van der Waals surface area contributed by atoms with Gasteiger partial charge in [0.1, 0.15) is 11.9 Å². The Balaban J connectivity index is 2.69. The average Bonchev–Trinajstić information content (AvgIpc) is 2.32. The smallest absolute Gasteiger partial charge is 0.183 e. The minimum absolute atomic E-state index is 0.254. The third-order valence-corrected chi connectivity index (χ3v) is 2.77. The Morgan fingerprint density at radius 1 is 1.28 bits per heavy atom. The van der Waals surface area contributed by atoms with Gasteiger partial charge in [-0.15, -0.1) is 0 Å². The largest absolute Gasteiger partial charge is 0.387 e. The Morgan fingerprint density at radius 2 is 1.89 bits per heavy atom. The van der Waals surface area contributed by atoms with Crippen molar-refractivity contribution in [1.82, 2.24) is 0 Å². The lowest BCUT2D eigenvalue weighted by molar-refractivity contribution is -0.188. The summed E-state index contributed by atoms with van der Waals surface area (Å²) in [5.74, 6) is -0.399. The van der Waals surface area contributed by atoms with Gasteiger partial charge < -0.3 is 14.6 Å². The lowest BCUT2D eigenvalue weighted by Crippen LogP contribution is -2.33. The molecule has 0 aromatic heterocycles. The van der Waals surface area contributed by atoms with Crippen LogP contribution < -0.4 is 0 Å². The molecule has 1 atom stereocenters. The van der Waals surface area contributed by atoms with Crippen LogP contribution in [0.5, 0.6) is 0 Å². The molecule has 0 aliphatic rings. The van der Waals surface area contributed by atoms with Gasteiger partial charge in [0.15, 0.2) is 6.29 Å². The molecule has 0 bridgehead atoms. The molecular weight excluding hydrogens is 259 g/mol. The number of ether oxygens (including phenoxy) is 2. The maximum Gasteiger partial charge on any atom is 0.183 e. The van der Waals surface area contributed by atoms with Gasteiger partial charge in [-0.2, -0.15) is 0 Å². The molecule has 1 N–H and O–H groups in total. The summed E-state index contributed by atoms with van der Waals surface area (Å²) in [4.78, 5) is 0. The van der Waals surface area contributed by atoms with Crippen molar-refractivity contribution in [2.24, 2.45) is 0 Å². The molecule has 18 heavy (non-hydrogen) atoms. The predicted octanol–water partition coefficient (Wildman–Crippen LogP) is 2.78. The molecule has 0 aliphatic carbocycles. The highest BCUT2D eigenvalue weighted by Crippen LogP contribution is 2.20. The van der Waals surface area contributed by atoms with Crippen molar-refractivity contribution in [3.63, 3.8) is 0 Å². The molecule has 0 heterocycles. The van der Waals surface area contributed by atoms with Gasteiger partial charge in [-0.1, -0.05) is 17.7 Å². The van der Waals surface area contributed by atoms with Crippen LogP contribution in [0, 0.1) is 5.82 Å². The van der Waals surface area contributed by atoms with E-state index in [1.807, 2.05) is 13.8 Å². The summed E-state index contributed by atoms with van der Waals surface area (Å²) in [6.07, 6.45) is -1.28. The van der Waals surface area contributed by atoms with E-state index in [-0.39, 0.29) is 6.42 Å².